The lowest BCUT2D eigenvalue weighted by molar-refractivity contribution is -0.175. The van der Waals surface area contributed by atoms with Crippen molar-refractivity contribution in [1.29, 1.82) is 0 Å². The molecule has 0 aromatic rings. The predicted molar refractivity (Wildman–Crippen MR) is 138 cm³/mol. The van der Waals surface area contributed by atoms with Gasteiger partial charge in [-0.3, -0.25) is 14.4 Å². The number of hydrogen-bond donors (Lipinski definition) is 2. The molecule has 0 amide bonds. The van der Waals surface area contributed by atoms with Crippen LogP contribution in [0.25, 0.3) is 0 Å². The van der Waals surface area contributed by atoms with Crippen molar-refractivity contribution in [3.63, 3.8) is 0 Å². The van der Waals surface area contributed by atoms with Gasteiger partial charge in [-0.1, -0.05) is 110 Å². The molecule has 0 fully saturated rings. The molecule has 0 saturated heterocycles. The zero-order valence-electron chi connectivity index (χ0n) is 22.7. The van der Waals surface area contributed by atoms with Crippen LogP contribution in [0.1, 0.15) is 142 Å². The molecule has 0 aliphatic rings. The summed E-state index contributed by atoms with van der Waals surface area (Å²) in [6.07, 6.45) is 16.7. The number of unbranched alkanes of at least 4 members (excludes halogenated alkanes) is 15. The number of rotatable bonds is 24. The summed E-state index contributed by atoms with van der Waals surface area (Å²) in [5, 5.41) is 19.6. The zero-order valence-corrected chi connectivity index (χ0v) is 22.7. The molecule has 0 radical (unpaired) electrons. The molecule has 0 aliphatic carbocycles. The van der Waals surface area contributed by atoms with E-state index in [0.717, 1.165) is 44.9 Å². The van der Waals surface area contributed by atoms with Gasteiger partial charge in [-0.2, -0.15) is 0 Å². The second-order valence-electron chi connectivity index (χ2n) is 9.81. The molecular weight excluding hydrogens is 464 g/mol. The number of carbonyl (C=O) groups is 4. The summed E-state index contributed by atoms with van der Waals surface area (Å²) < 4.78 is 9.66. The van der Waals surface area contributed by atoms with Crippen LogP contribution in [-0.4, -0.2) is 46.3 Å². The van der Waals surface area contributed by atoms with Crippen molar-refractivity contribution < 1.29 is 38.9 Å². The van der Waals surface area contributed by atoms with Crippen molar-refractivity contribution in [2.24, 2.45) is 0 Å². The number of carboxylic acids is 1. The Balaban J connectivity index is 4.03. The van der Waals surface area contributed by atoms with E-state index in [1.807, 2.05) is 0 Å². The molecule has 1 unspecified atom stereocenters. The zero-order chi connectivity index (χ0) is 27.1. The van der Waals surface area contributed by atoms with Gasteiger partial charge >= 0.3 is 23.9 Å². The van der Waals surface area contributed by atoms with E-state index < -0.39 is 42.3 Å². The Bertz CT molecular complexity index is 619. The van der Waals surface area contributed by atoms with Gasteiger partial charge in [-0.05, 0) is 12.8 Å². The number of aliphatic hydroxyl groups is 1. The summed E-state index contributed by atoms with van der Waals surface area (Å²) in [5.41, 5.74) is -2.67. The first kappa shape index (κ1) is 34.0. The highest BCUT2D eigenvalue weighted by atomic mass is 16.6. The van der Waals surface area contributed by atoms with E-state index in [-0.39, 0.29) is 13.0 Å². The van der Waals surface area contributed by atoms with Crippen molar-refractivity contribution in [3.05, 3.63) is 0 Å². The second kappa shape index (κ2) is 22.3. The van der Waals surface area contributed by atoms with E-state index in [2.05, 4.69) is 18.6 Å². The highest BCUT2D eigenvalue weighted by Crippen LogP contribution is 2.19. The van der Waals surface area contributed by atoms with Crippen molar-refractivity contribution in [3.8, 4) is 0 Å². The molecule has 1 atom stereocenters. The van der Waals surface area contributed by atoms with Crippen molar-refractivity contribution >= 4 is 23.9 Å². The van der Waals surface area contributed by atoms with Crippen molar-refractivity contribution in [1.82, 2.24) is 0 Å². The van der Waals surface area contributed by atoms with Gasteiger partial charge in [0.25, 0.3) is 0 Å². The SMILES string of the molecule is CCCCCCCCCCCCCCOC(=O)CC(O)(CC(=O)OC(=O)CCCCCCC)C(=O)O. The summed E-state index contributed by atoms with van der Waals surface area (Å²) in [7, 11) is 0. The third-order valence-corrected chi connectivity index (χ3v) is 6.24. The highest BCUT2D eigenvalue weighted by Gasteiger charge is 2.42. The summed E-state index contributed by atoms with van der Waals surface area (Å²) in [5.74, 6) is -4.59. The number of carboxylic acid groups (broad SMARTS) is 1. The minimum Gasteiger partial charge on any atom is -0.479 e. The third-order valence-electron chi connectivity index (χ3n) is 6.24. The van der Waals surface area contributed by atoms with E-state index in [9.17, 15) is 29.4 Å². The molecule has 0 aromatic carbocycles. The Morgan fingerprint density at radius 1 is 0.583 bits per heavy atom. The molecule has 0 bridgehead atoms. The quantitative estimate of drug-likeness (QED) is 0.0878. The van der Waals surface area contributed by atoms with Crippen LogP contribution < -0.4 is 0 Å². The second-order valence-corrected chi connectivity index (χ2v) is 9.81. The molecule has 36 heavy (non-hydrogen) atoms. The van der Waals surface area contributed by atoms with Crippen LogP contribution >= 0.6 is 0 Å². The van der Waals surface area contributed by atoms with Crippen molar-refractivity contribution in [2.75, 3.05) is 6.61 Å². The molecule has 0 rings (SSSR count). The number of ether oxygens (including phenoxy) is 2. The van der Waals surface area contributed by atoms with Crippen LogP contribution in [0.3, 0.4) is 0 Å². The molecule has 0 heterocycles. The van der Waals surface area contributed by atoms with Crippen LogP contribution in [-0.2, 0) is 28.7 Å². The van der Waals surface area contributed by atoms with Gasteiger partial charge in [-0.25, -0.2) is 4.79 Å². The molecule has 2 N–H and O–H groups in total. The van der Waals surface area contributed by atoms with Gasteiger partial charge in [0, 0.05) is 6.42 Å². The van der Waals surface area contributed by atoms with Crippen LogP contribution in [0, 0.1) is 0 Å². The number of hydrogen-bond acceptors (Lipinski definition) is 7. The fourth-order valence-corrected chi connectivity index (χ4v) is 3.96. The highest BCUT2D eigenvalue weighted by molar-refractivity contribution is 5.92. The molecule has 8 heteroatoms. The van der Waals surface area contributed by atoms with Gasteiger partial charge in [0.05, 0.1) is 19.4 Å². The smallest absolute Gasteiger partial charge is 0.336 e. The van der Waals surface area contributed by atoms with Gasteiger partial charge in [-0.15, -0.1) is 0 Å². The van der Waals surface area contributed by atoms with Crippen LogP contribution in [0.15, 0.2) is 0 Å². The minimum atomic E-state index is -2.67. The molecule has 0 aliphatic heterocycles. The van der Waals surface area contributed by atoms with Crippen molar-refractivity contribution in [2.45, 2.75) is 148 Å². The number of esters is 3. The maximum Gasteiger partial charge on any atom is 0.336 e. The van der Waals surface area contributed by atoms with E-state index in [4.69, 9.17) is 4.74 Å². The first-order chi connectivity index (χ1) is 17.2. The lowest BCUT2D eigenvalue weighted by Crippen LogP contribution is -2.43. The standard InChI is InChI=1S/C28H50O8/c1-3-5-7-9-10-11-12-13-14-15-17-19-21-35-25(30)22-28(34,27(32)33)23-26(31)36-24(29)20-18-16-8-6-4-2/h34H,3-23H2,1-2H3,(H,32,33). The lowest BCUT2D eigenvalue weighted by Gasteiger charge is -2.21. The normalized spacial score (nSPS) is 12.6. The Morgan fingerprint density at radius 3 is 1.47 bits per heavy atom. The van der Waals surface area contributed by atoms with Gasteiger partial charge < -0.3 is 19.7 Å². The molecule has 0 aromatic heterocycles. The summed E-state index contributed by atoms with van der Waals surface area (Å²) in [4.78, 5) is 47.2. The van der Waals surface area contributed by atoms with E-state index in [1.165, 1.54) is 51.4 Å². The molecule has 8 nitrogen and oxygen atoms in total. The van der Waals surface area contributed by atoms with Crippen LogP contribution in [0.2, 0.25) is 0 Å². The monoisotopic (exact) mass is 514 g/mol. The van der Waals surface area contributed by atoms with E-state index in [1.54, 1.807) is 0 Å². The van der Waals surface area contributed by atoms with Crippen LogP contribution in [0.4, 0.5) is 0 Å². The topological polar surface area (TPSA) is 127 Å². The Kier molecular flexibility index (Phi) is 21.0. The average Bonchev–Trinajstić information content (AvgIpc) is 2.81. The summed E-state index contributed by atoms with van der Waals surface area (Å²) >= 11 is 0. The van der Waals surface area contributed by atoms with Gasteiger partial charge in [0.1, 0.15) is 0 Å². The average molecular weight is 515 g/mol. The van der Waals surface area contributed by atoms with E-state index >= 15 is 0 Å². The predicted octanol–water partition coefficient (Wildman–Crippen LogP) is 6.26. The first-order valence-corrected chi connectivity index (χ1v) is 14.1. The summed E-state index contributed by atoms with van der Waals surface area (Å²) in [6, 6.07) is 0. The number of aliphatic carboxylic acids is 1. The lowest BCUT2D eigenvalue weighted by atomic mass is 9.96. The molecular formula is C28H50O8. The third kappa shape index (κ3) is 19.3. The van der Waals surface area contributed by atoms with E-state index in [0.29, 0.717) is 12.8 Å². The van der Waals surface area contributed by atoms with Gasteiger partial charge in [0.2, 0.25) is 0 Å². The fraction of sp³-hybridized carbons (Fsp3) is 0.857. The summed E-state index contributed by atoms with van der Waals surface area (Å²) in [6.45, 7) is 4.43. The first-order valence-electron chi connectivity index (χ1n) is 14.1. The maximum atomic E-state index is 12.0. The molecule has 0 spiro atoms. The van der Waals surface area contributed by atoms with Gasteiger partial charge in [0.15, 0.2) is 5.60 Å². The molecule has 0 saturated carbocycles. The Labute approximate surface area is 217 Å². The fourth-order valence-electron chi connectivity index (χ4n) is 3.96. The maximum absolute atomic E-state index is 12.0. The Morgan fingerprint density at radius 2 is 1.00 bits per heavy atom. The Hall–Kier alpha value is -1.96. The largest absolute Gasteiger partial charge is 0.479 e. The minimum absolute atomic E-state index is 0.0437. The van der Waals surface area contributed by atoms with Crippen LogP contribution in [0.5, 0.6) is 0 Å². The number of carbonyl (C=O) groups excluding carboxylic acids is 3. The molecule has 210 valence electrons.